The topological polar surface area (TPSA) is 133 Å². The van der Waals surface area contributed by atoms with Gasteiger partial charge in [-0.25, -0.2) is 4.98 Å². The highest BCUT2D eigenvalue weighted by Gasteiger charge is 2.15. The van der Waals surface area contributed by atoms with E-state index in [0.29, 0.717) is 0 Å². The number of rotatable bonds is 4. The first-order chi connectivity index (χ1) is 9.10. The zero-order valence-corrected chi connectivity index (χ0v) is 9.57. The van der Waals surface area contributed by atoms with Crippen LogP contribution < -0.4 is 0 Å². The van der Waals surface area contributed by atoms with E-state index in [9.17, 15) is 9.90 Å². The van der Waals surface area contributed by atoms with Crippen LogP contribution in [-0.2, 0) is 11.2 Å². The molecule has 0 saturated heterocycles. The molecule has 2 aromatic heterocycles. The molecule has 0 aliphatic rings. The van der Waals surface area contributed by atoms with Gasteiger partial charge >= 0.3 is 5.97 Å². The minimum atomic E-state index is -0.973. The zero-order chi connectivity index (χ0) is 13.8. The highest BCUT2D eigenvalue weighted by molar-refractivity contribution is 5.67. The van der Waals surface area contributed by atoms with Crippen LogP contribution in [0.15, 0.2) is 16.8 Å². The summed E-state index contributed by atoms with van der Waals surface area (Å²) >= 11 is 0. The molecule has 8 heteroatoms. The summed E-state index contributed by atoms with van der Waals surface area (Å²) in [5.74, 6) is -1.03. The normalized spacial score (nSPS) is 10.1. The van der Waals surface area contributed by atoms with Gasteiger partial charge in [-0.3, -0.25) is 4.79 Å². The fraction of sp³-hybridized carbons (Fsp3) is 0.182. The van der Waals surface area contributed by atoms with E-state index in [1.165, 1.54) is 12.3 Å². The molecule has 0 aliphatic carbocycles. The summed E-state index contributed by atoms with van der Waals surface area (Å²) in [6.07, 6.45) is 1.23. The lowest BCUT2D eigenvalue weighted by Crippen LogP contribution is -1.97. The molecule has 2 rings (SSSR count). The van der Waals surface area contributed by atoms with Gasteiger partial charge in [-0.15, -0.1) is 0 Å². The number of aryl methyl sites for hydroxylation is 1. The van der Waals surface area contributed by atoms with E-state index in [0.717, 1.165) is 0 Å². The quantitative estimate of drug-likeness (QED) is 0.821. The molecule has 0 spiro atoms. The first kappa shape index (κ1) is 12.5. The number of hydrogen-bond donors (Lipinski definition) is 2. The molecule has 0 unspecified atom stereocenters. The highest BCUT2D eigenvalue weighted by atomic mass is 16.5. The van der Waals surface area contributed by atoms with E-state index >= 15 is 0 Å². The van der Waals surface area contributed by atoms with Crippen LogP contribution in [-0.4, -0.2) is 31.3 Å². The SMILES string of the molecule is N#Cc1cnc(-c2noc(CCC(=O)O)n2)c(O)c1. The number of nitriles is 1. The van der Waals surface area contributed by atoms with Crippen LogP contribution in [0.2, 0.25) is 0 Å². The maximum atomic E-state index is 10.4. The molecule has 0 atom stereocenters. The smallest absolute Gasteiger partial charge is 0.303 e. The average Bonchev–Trinajstić information content (AvgIpc) is 2.84. The molecule has 96 valence electrons. The molecule has 2 N–H and O–H groups in total. The van der Waals surface area contributed by atoms with Crippen molar-refractivity contribution in [3.63, 3.8) is 0 Å². The molecule has 0 saturated carbocycles. The van der Waals surface area contributed by atoms with Gasteiger partial charge in [-0.05, 0) is 0 Å². The number of aliphatic carboxylic acids is 1. The first-order valence-electron chi connectivity index (χ1n) is 5.24. The summed E-state index contributed by atoms with van der Waals surface area (Å²) in [5.41, 5.74) is 0.278. The van der Waals surface area contributed by atoms with Crippen LogP contribution in [0, 0.1) is 11.3 Å². The molecule has 8 nitrogen and oxygen atoms in total. The average molecular weight is 260 g/mol. The van der Waals surface area contributed by atoms with Crippen molar-refractivity contribution in [2.24, 2.45) is 0 Å². The van der Waals surface area contributed by atoms with E-state index < -0.39 is 5.97 Å². The third-order valence-corrected chi connectivity index (χ3v) is 2.23. The summed E-state index contributed by atoms with van der Waals surface area (Å²) in [4.78, 5) is 18.2. The minimum absolute atomic E-state index is 0.0439. The van der Waals surface area contributed by atoms with Gasteiger partial charge in [0.05, 0.1) is 12.0 Å². The Morgan fingerprint density at radius 2 is 2.32 bits per heavy atom. The molecule has 0 bridgehead atoms. The van der Waals surface area contributed by atoms with Crippen molar-refractivity contribution in [2.75, 3.05) is 0 Å². The van der Waals surface area contributed by atoms with Gasteiger partial charge in [0, 0.05) is 18.7 Å². The Hall–Kier alpha value is -2.95. The fourth-order valence-corrected chi connectivity index (χ4v) is 1.35. The second-order valence-corrected chi connectivity index (χ2v) is 3.61. The Labute approximate surface area is 106 Å². The van der Waals surface area contributed by atoms with Crippen LogP contribution in [0.4, 0.5) is 0 Å². The minimum Gasteiger partial charge on any atom is -0.505 e. The van der Waals surface area contributed by atoms with E-state index in [4.69, 9.17) is 14.9 Å². The monoisotopic (exact) mass is 260 g/mol. The molecule has 2 heterocycles. The van der Waals surface area contributed by atoms with Crippen molar-refractivity contribution in [3.8, 4) is 23.3 Å². The third-order valence-electron chi connectivity index (χ3n) is 2.23. The molecule has 0 amide bonds. The Morgan fingerprint density at radius 3 is 2.95 bits per heavy atom. The van der Waals surface area contributed by atoms with Gasteiger partial charge in [0.15, 0.2) is 5.69 Å². The Morgan fingerprint density at radius 1 is 1.53 bits per heavy atom. The number of pyridine rings is 1. The summed E-state index contributed by atoms with van der Waals surface area (Å²) in [6, 6.07) is 3.06. The number of hydrogen-bond acceptors (Lipinski definition) is 7. The van der Waals surface area contributed by atoms with Gasteiger partial charge in [0.25, 0.3) is 0 Å². The van der Waals surface area contributed by atoms with Crippen molar-refractivity contribution in [2.45, 2.75) is 12.8 Å². The molecule has 0 aliphatic heterocycles. The number of aromatic nitrogens is 3. The van der Waals surface area contributed by atoms with Crippen molar-refractivity contribution in [1.82, 2.24) is 15.1 Å². The summed E-state index contributed by atoms with van der Waals surface area (Å²) in [6.45, 7) is 0. The van der Waals surface area contributed by atoms with Crippen LogP contribution in [0.5, 0.6) is 5.75 Å². The van der Waals surface area contributed by atoms with Gasteiger partial charge in [0.2, 0.25) is 11.7 Å². The molecular weight excluding hydrogens is 252 g/mol. The van der Waals surface area contributed by atoms with Crippen LogP contribution in [0.25, 0.3) is 11.5 Å². The van der Waals surface area contributed by atoms with E-state index in [-0.39, 0.29) is 41.6 Å². The summed E-state index contributed by atoms with van der Waals surface area (Å²) in [5, 5.41) is 30.4. The van der Waals surface area contributed by atoms with Crippen molar-refractivity contribution >= 4 is 5.97 Å². The van der Waals surface area contributed by atoms with Crippen LogP contribution in [0.1, 0.15) is 17.9 Å². The van der Waals surface area contributed by atoms with Crippen LogP contribution in [0.3, 0.4) is 0 Å². The number of carbonyl (C=O) groups is 1. The predicted octanol–water partition coefficient (Wildman–Crippen LogP) is 0.726. The van der Waals surface area contributed by atoms with Gasteiger partial charge in [-0.2, -0.15) is 10.2 Å². The van der Waals surface area contributed by atoms with Crippen molar-refractivity contribution in [1.29, 1.82) is 5.26 Å². The Balaban J connectivity index is 2.23. The van der Waals surface area contributed by atoms with Crippen LogP contribution >= 0.6 is 0 Å². The molecule has 19 heavy (non-hydrogen) atoms. The standard InChI is InChI=1S/C11H8N4O4/c12-4-6-3-7(16)10(13-5-6)11-14-8(19-15-11)1-2-9(17)18/h3,5,16H,1-2H2,(H,17,18). The second kappa shape index (κ2) is 5.14. The first-order valence-corrected chi connectivity index (χ1v) is 5.24. The second-order valence-electron chi connectivity index (χ2n) is 3.61. The maximum Gasteiger partial charge on any atom is 0.303 e. The summed E-state index contributed by atoms with van der Waals surface area (Å²) < 4.78 is 4.84. The molecule has 0 radical (unpaired) electrons. The highest BCUT2D eigenvalue weighted by Crippen LogP contribution is 2.25. The maximum absolute atomic E-state index is 10.4. The Bertz CT molecular complexity index is 659. The van der Waals surface area contributed by atoms with Crippen molar-refractivity contribution < 1.29 is 19.5 Å². The number of aromatic hydroxyl groups is 1. The van der Waals surface area contributed by atoms with E-state index in [2.05, 4.69) is 15.1 Å². The summed E-state index contributed by atoms with van der Waals surface area (Å²) in [7, 11) is 0. The lowest BCUT2D eigenvalue weighted by Gasteiger charge is -1.97. The fourth-order valence-electron chi connectivity index (χ4n) is 1.35. The molecule has 0 aromatic carbocycles. The molecule has 0 fully saturated rings. The molecule has 2 aromatic rings. The van der Waals surface area contributed by atoms with Gasteiger partial charge in [0.1, 0.15) is 11.8 Å². The van der Waals surface area contributed by atoms with E-state index in [1.54, 1.807) is 0 Å². The number of carboxylic acid groups (broad SMARTS) is 1. The van der Waals surface area contributed by atoms with Gasteiger partial charge in [-0.1, -0.05) is 5.16 Å². The Kier molecular flexibility index (Phi) is 3.38. The largest absolute Gasteiger partial charge is 0.505 e. The predicted molar refractivity (Wildman–Crippen MR) is 59.9 cm³/mol. The lowest BCUT2D eigenvalue weighted by molar-refractivity contribution is -0.137. The van der Waals surface area contributed by atoms with E-state index in [1.807, 2.05) is 6.07 Å². The van der Waals surface area contributed by atoms with Gasteiger partial charge < -0.3 is 14.7 Å². The lowest BCUT2D eigenvalue weighted by atomic mass is 10.2. The van der Waals surface area contributed by atoms with Crippen molar-refractivity contribution in [3.05, 3.63) is 23.7 Å². The number of carboxylic acids is 1. The molecular formula is C11H8N4O4. The third kappa shape index (κ3) is 2.84. The number of nitrogens with zero attached hydrogens (tertiary/aromatic N) is 4. The zero-order valence-electron chi connectivity index (χ0n) is 9.57.